The maximum absolute atomic E-state index is 11.7. The van der Waals surface area contributed by atoms with Crippen molar-refractivity contribution in [1.29, 1.82) is 0 Å². The first-order valence-corrected chi connectivity index (χ1v) is 7.30. The molecular formula is C15H26N4O. The van der Waals surface area contributed by atoms with E-state index in [1.807, 2.05) is 31.9 Å². The second-order valence-electron chi connectivity index (χ2n) is 4.73. The predicted molar refractivity (Wildman–Crippen MR) is 82.9 cm³/mol. The van der Waals surface area contributed by atoms with Crippen LogP contribution in [-0.4, -0.2) is 37.1 Å². The van der Waals surface area contributed by atoms with E-state index in [0.717, 1.165) is 31.0 Å². The molecule has 112 valence electrons. The lowest BCUT2D eigenvalue weighted by atomic mass is 10.2. The van der Waals surface area contributed by atoms with E-state index in [1.54, 1.807) is 0 Å². The smallest absolute Gasteiger partial charge is 0.239 e. The first-order chi connectivity index (χ1) is 9.62. The largest absolute Gasteiger partial charge is 0.355 e. The molecule has 0 spiro atoms. The number of anilines is 1. The number of aromatic nitrogens is 1. The van der Waals surface area contributed by atoms with Gasteiger partial charge >= 0.3 is 0 Å². The van der Waals surface area contributed by atoms with Gasteiger partial charge in [0.25, 0.3) is 0 Å². The molecule has 2 N–H and O–H groups in total. The third-order valence-electron chi connectivity index (χ3n) is 3.08. The summed E-state index contributed by atoms with van der Waals surface area (Å²) in [6.07, 6.45) is 1.88. The van der Waals surface area contributed by atoms with Crippen molar-refractivity contribution in [1.82, 2.24) is 15.6 Å². The Kier molecular flexibility index (Phi) is 7.01. The summed E-state index contributed by atoms with van der Waals surface area (Å²) in [5, 5.41) is 6.11. The minimum atomic E-state index is 0.0345. The molecule has 1 aromatic heterocycles. The average molecular weight is 278 g/mol. The first kappa shape index (κ1) is 16.4. The molecule has 0 atom stereocenters. The number of hydrogen-bond acceptors (Lipinski definition) is 4. The maximum atomic E-state index is 11.7. The van der Waals surface area contributed by atoms with Crippen LogP contribution in [0.25, 0.3) is 0 Å². The Morgan fingerprint density at radius 1 is 1.30 bits per heavy atom. The van der Waals surface area contributed by atoms with E-state index in [-0.39, 0.29) is 5.91 Å². The van der Waals surface area contributed by atoms with Crippen LogP contribution in [0.3, 0.4) is 0 Å². The molecule has 0 saturated carbocycles. The van der Waals surface area contributed by atoms with Crippen molar-refractivity contribution < 1.29 is 4.79 Å². The number of nitrogens with one attached hydrogen (secondary N) is 2. The van der Waals surface area contributed by atoms with E-state index in [0.29, 0.717) is 13.1 Å². The molecule has 0 fully saturated rings. The molecule has 1 heterocycles. The molecule has 1 aromatic rings. The number of hydrogen-bond donors (Lipinski definition) is 2. The molecular weight excluding hydrogens is 252 g/mol. The lowest BCUT2D eigenvalue weighted by molar-refractivity contribution is -0.119. The van der Waals surface area contributed by atoms with Crippen LogP contribution in [0.15, 0.2) is 12.3 Å². The second-order valence-corrected chi connectivity index (χ2v) is 4.73. The van der Waals surface area contributed by atoms with Gasteiger partial charge in [0.1, 0.15) is 5.82 Å². The van der Waals surface area contributed by atoms with Gasteiger partial charge in [-0.3, -0.25) is 4.79 Å². The fourth-order valence-corrected chi connectivity index (χ4v) is 2.09. The number of amides is 1. The van der Waals surface area contributed by atoms with Crippen LogP contribution in [0, 0.1) is 6.92 Å². The van der Waals surface area contributed by atoms with Crippen LogP contribution in [0.1, 0.15) is 31.9 Å². The third-order valence-corrected chi connectivity index (χ3v) is 3.08. The van der Waals surface area contributed by atoms with Crippen molar-refractivity contribution in [3.63, 3.8) is 0 Å². The minimum absolute atomic E-state index is 0.0345. The zero-order valence-electron chi connectivity index (χ0n) is 13.0. The zero-order valence-corrected chi connectivity index (χ0v) is 13.0. The fourth-order valence-electron chi connectivity index (χ4n) is 2.09. The van der Waals surface area contributed by atoms with E-state index in [9.17, 15) is 4.79 Å². The van der Waals surface area contributed by atoms with Gasteiger partial charge in [-0.2, -0.15) is 0 Å². The van der Waals surface area contributed by atoms with Crippen molar-refractivity contribution in [2.75, 3.05) is 31.1 Å². The second kappa shape index (κ2) is 8.53. The topological polar surface area (TPSA) is 57.3 Å². The van der Waals surface area contributed by atoms with E-state index in [2.05, 4.69) is 28.6 Å². The molecule has 0 aliphatic carbocycles. The average Bonchev–Trinajstić information content (AvgIpc) is 2.43. The first-order valence-electron chi connectivity index (χ1n) is 7.30. The minimum Gasteiger partial charge on any atom is -0.355 e. The summed E-state index contributed by atoms with van der Waals surface area (Å²) in [5.41, 5.74) is 2.27. The fraction of sp³-hybridized carbons (Fsp3) is 0.600. The Balaban J connectivity index is 2.79. The van der Waals surface area contributed by atoms with Crippen molar-refractivity contribution in [2.24, 2.45) is 0 Å². The van der Waals surface area contributed by atoms with Crippen LogP contribution in [0.5, 0.6) is 0 Å². The number of rotatable bonds is 8. The molecule has 0 bridgehead atoms. The van der Waals surface area contributed by atoms with Gasteiger partial charge in [-0.25, -0.2) is 4.98 Å². The summed E-state index contributed by atoms with van der Waals surface area (Å²) in [6, 6.07) is 2.13. The Labute approximate surface area is 121 Å². The normalized spacial score (nSPS) is 10.4. The summed E-state index contributed by atoms with van der Waals surface area (Å²) >= 11 is 0. The quantitative estimate of drug-likeness (QED) is 0.756. The molecule has 1 rings (SSSR count). The van der Waals surface area contributed by atoms with Crippen LogP contribution < -0.4 is 15.5 Å². The van der Waals surface area contributed by atoms with Crippen LogP contribution in [0.2, 0.25) is 0 Å². The third kappa shape index (κ3) is 4.81. The number of aryl methyl sites for hydroxylation is 1. The maximum Gasteiger partial charge on any atom is 0.239 e. The summed E-state index contributed by atoms with van der Waals surface area (Å²) in [6.45, 7) is 11.6. The monoisotopic (exact) mass is 278 g/mol. The van der Waals surface area contributed by atoms with Crippen LogP contribution in [0.4, 0.5) is 5.82 Å². The number of pyridine rings is 1. The molecule has 0 saturated heterocycles. The van der Waals surface area contributed by atoms with Gasteiger partial charge in [0, 0.05) is 25.8 Å². The zero-order chi connectivity index (χ0) is 15.0. The summed E-state index contributed by atoms with van der Waals surface area (Å²) in [7, 11) is 0. The van der Waals surface area contributed by atoms with Crippen LogP contribution in [-0.2, 0) is 11.3 Å². The highest BCUT2D eigenvalue weighted by molar-refractivity contribution is 5.81. The summed E-state index contributed by atoms with van der Waals surface area (Å²) in [5.74, 6) is 0.922. The van der Waals surface area contributed by atoms with Gasteiger partial charge in [0.2, 0.25) is 5.91 Å². The lowest BCUT2D eigenvalue weighted by Crippen LogP contribution is -2.37. The van der Waals surface area contributed by atoms with E-state index >= 15 is 0 Å². The molecule has 5 heteroatoms. The molecule has 0 aliphatic rings. The summed E-state index contributed by atoms with van der Waals surface area (Å²) in [4.78, 5) is 18.2. The molecule has 0 aromatic carbocycles. The highest BCUT2D eigenvalue weighted by Gasteiger charge is 2.13. The molecule has 0 aliphatic heterocycles. The van der Waals surface area contributed by atoms with Crippen molar-refractivity contribution in [3.8, 4) is 0 Å². The number of likely N-dealkylation sites (N-methyl/N-ethyl adjacent to an activating group) is 2. The Morgan fingerprint density at radius 3 is 2.60 bits per heavy atom. The Morgan fingerprint density at radius 2 is 2.05 bits per heavy atom. The van der Waals surface area contributed by atoms with Gasteiger partial charge in [-0.05, 0) is 44.5 Å². The Hall–Kier alpha value is -1.62. The molecule has 20 heavy (non-hydrogen) atoms. The molecule has 0 radical (unpaired) electrons. The van der Waals surface area contributed by atoms with Gasteiger partial charge in [0.15, 0.2) is 0 Å². The van der Waals surface area contributed by atoms with Crippen molar-refractivity contribution in [3.05, 3.63) is 23.4 Å². The molecule has 1 amide bonds. The van der Waals surface area contributed by atoms with Crippen molar-refractivity contribution >= 4 is 11.7 Å². The highest BCUT2D eigenvalue weighted by Crippen LogP contribution is 2.17. The SMILES string of the molecule is CCNCc1cnc(N(CC)CC(=O)NCC)c(C)c1. The number of carbonyl (C=O) groups is 1. The van der Waals surface area contributed by atoms with Crippen molar-refractivity contribution in [2.45, 2.75) is 34.2 Å². The van der Waals surface area contributed by atoms with Gasteiger partial charge in [-0.15, -0.1) is 0 Å². The number of carbonyl (C=O) groups excluding carboxylic acids is 1. The summed E-state index contributed by atoms with van der Waals surface area (Å²) < 4.78 is 0. The molecule has 0 unspecified atom stereocenters. The van der Waals surface area contributed by atoms with Gasteiger partial charge in [-0.1, -0.05) is 6.92 Å². The lowest BCUT2D eigenvalue weighted by Gasteiger charge is -2.23. The van der Waals surface area contributed by atoms with Crippen LogP contribution >= 0.6 is 0 Å². The van der Waals surface area contributed by atoms with Gasteiger partial charge < -0.3 is 15.5 Å². The number of nitrogens with zero attached hydrogens (tertiary/aromatic N) is 2. The Bertz CT molecular complexity index is 434. The van der Waals surface area contributed by atoms with Gasteiger partial charge in [0.05, 0.1) is 6.54 Å². The van der Waals surface area contributed by atoms with E-state index in [4.69, 9.17) is 0 Å². The standard InChI is InChI=1S/C15H26N4O/c1-5-16-9-13-8-12(4)15(18-10-13)19(7-3)11-14(20)17-6-2/h8,10,16H,5-7,9,11H2,1-4H3,(H,17,20). The highest BCUT2D eigenvalue weighted by atomic mass is 16.2. The van der Waals surface area contributed by atoms with E-state index < -0.39 is 0 Å². The predicted octanol–water partition coefficient (Wildman–Crippen LogP) is 1.46. The van der Waals surface area contributed by atoms with E-state index in [1.165, 1.54) is 5.56 Å². The molecule has 5 nitrogen and oxygen atoms in total.